The normalized spacial score (nSPS) is 32.9. The molecule has 4 nitrogen and oxygen atoms in total. The zero-order chi connectivity index (χ0) is 22.5. The van der Waals surface area contributed by atoms with E-state index in [1.165, 1.54) is 24.7 Å². The minimum absolute atomic E-state index is 0.00556. The van der Waals surface area contributed by atoms with Crippen LogP contribution < -0.4 is 0 Å². The highest BCUT2D eigenvalue weighted by molar-refractivity contribution is 6.76. The Morgan fingerprint density at radius 1 is 1.19 bits per heavy atom. The van der Waals surface area contributed by atoms with Crippen LogP contribution in [0.1, 0.15) is 71.5 Å². The number of Topliss-reactive ketones (excluding diaryl/α,β-unsaturated/α-hetero) is 1. The van der Waals surface area contributed by atoms with Crippen molar-refractivity contribution in [2.24, 2.45) is 16.7 Å². The maximum atomic E-state index is 12.8. The zero-order valence-electron chi connectivity index (χ0n) is 20.6. The number of ketones is 1. The van der Waals surface area contributed by atoms with E-state index in [4.69, 9.17) is 9.72 Å². The molecule has 0 radical (unpaired) electrons. The van der Waals surface area contributed by atoms with Crippen molar-refractivity contribution < 1.29 is 9.53 Å². The van der Waals surface area contributed by atoms with Gasteiger partial charge in [0, 0.05) is 38.9 Å². The van der Waals surface area contributed by atoms with Gasteiger partial charge in [-0.1, -0.05) is 52.1 Å². The first-order valence-corrected chi connectivity index (χ1v) is 16.1. The number of fused-ring (bicyclic) bond motifs is 3. The lowest BCUT2D eigenvalue weighted by Crippen LogP contribution is -2.56. The first-order chi connectivity index (χ1) is 14.5. The second-order valence-electron chi connectivity index (χ2n) is 12.3. The Morgan fingerprint density at radius 2 is 1.97 bits per heavy atom. The largest absolute Gasteiger partial charge is 0.361 e. The Hall–Kier alpha value is -1.20. The quantitative estimate of drug-likeness (QED) is 0.293. The van der Waals surface area contributed by atoms with Crippen LogP contribution in [0.4, 0.5) is 0 Å². The second kappa shape index (κ2) is 7.98. The Morgan fingerprint density at radius 3 is 2.71 bits per heavy atom. The van der Waals surface area contributed by atoms with Gasteiger partial charge in [0.1, 0.15) is 18.3 Å². The van der Waals surface area contributed by atoms with Gasteiger partial charge in [0.25, 0.3) is 0 Å². The van der Waals surface area contributed by atoms with E-state index in [1.807, 2.05) is 6.20 Å². The molecule has 3 aliphatic carbocycles. The maximum Gasteiger partial charge on any atom is 0.138 e. The van der Waals surface area contributed by atoms with Gasteiger partial charge in [0.2, 0.25) is 0 Å². The number of hydrogen-bond donors (Lipinski definition) is 0. The number of imidazole rings is 1. The molecular weight excluding hydrogens is 400 g/mol. The molecule has 172 valence electrons. The number of ether oxygens (including phenoxy) is 1. The van der Waals surface area contributed by atoms with E-state index in [9.17, 15) is 4.79 Å². The number of rotatable bonds is 6. The van der Waals surface area contributed by atoms with Crippen LogP contribution in [0, 0.1) is 16.7 Å². The van der Waals surface area contributed by atoms with Crippen molar-refractivity contribution in [3.8, 4) is 0 Å². The molecule has 2 fully saturated rings. The summed E-state index contributed by atoms with van der Waals surface area (Å²) in [6.45, 7) is 15.5. The molecule has 1 heterocycles. The lowest BCUT2D eigenvalue weighted by atomic mass is 9.43. The average Bonchev–Trinajstić information content (AvgIpc) is 3.17. The molecule has 3 aliphatic rings. The van der Waals surface area contributed by atoms with E-state index in [0.29, 0.717) is 24.9 Å². The van der Waals surface area contributed by atoms with Gasteiger partial charge in [-0.15, -0.1) is 0 Å². The third kappa shape index (κ3) is 3.90. The molecule has 0 spiro atoms. The fourth-order valence-corrected chi connectivity index (χ4v) is 7.75. The van der Waals surface area contributed by atoms with Crippen LogP contribution in [-0.4, -0.2) is 30.0 Å². The predicted octanol–water partition coefficient (Wildman–Crippen LogP) is 6.35. The Balaban J connectivity index is 1.64. The maximum absolute atomic E-state index is 12.8. The van der Waals surface area contributed by atoms with Crippen molar-refractivity contribution in [1.29, 1.82) is 0 Å². The van der Waals surface area contributed by atoms with Crippen molar-refractivity contribution in [2.45, 2.75) is 104 Å². The molecule has 2 unspecified atom stereocenters. The van der Waals surface area contributed by atoms with Crippen LogP contribution >= 0.6 is 0 Å². The molecular formula is C26H42N2O2Si. The van der Waals surface area contributed by atoms with Gasteiger partial charge in [-0.2, -0.15) is 0 Å². The molecule has 2 saturated carbocycles. The summed E-state index contributed by atoms with van der Waals surface area (Å²) in [5.41, 5.74) is 1.45. The van der Waals surface area contributed by atoms with Crippen LogP contribution in [0.3, 0.4) is 0 Å². The van der Waals surface area contributed by atoms with Gasteiger partial charge in [-0.05, 0) is 55.9 Å². The van der Waals surface area contributed by atoms with E-state index in [2.05, 4.69) is 57.3 Å². The number of allylic oxidation sites excluding steroid dienone is 2. The number of carbonyl (C=O) groups excluding carboxylic acids is 1. The summed E-state index contributed by atoms with van der Waals surface area (Å²) < 4.78 is 8.40. The van der Waals surface area contributed by atoms with Crippen molar-refractivity contribution in [3.63, 3.8) is 0 Å². The van der Waals surface area contributed by atoms with Crippen LogP contribution in [0.5, 0.6) is 0 Å². The van der Waals surface area contributed by atoms with E-state index >= 15 is 0 Å². The number of hydrogen-bond acceptors (Lipinski definition) is 3. The highest BCUT2D eigenvalue weighted by Crippen LogP contribution is 2.65. The molecule has 0 aliphatic heterocycles. The van der Waals surface area contributed by atoms with Crippen molar-refractivity contribution in [3.05, 3.63) is 29.9 Å². The van der Waals surface area contributed by atoms with Crippen LogP contribution in [0.25, 0.3) is 0 Å². The topological polar surface area (TPSA) is 44.1 Å². The highest BCUT2D eigenvalue weighted by atomic mass is 28.3. The van der Waals surface area contributed by atoms with Crippen molar-refractivity contribution >= 4 is 13.9 Å². The van der Waals surface area contributed by atoms with Gasteiger partial charge in [-0.3, -0.25) is 4.79 Å². The van der Waals surface area contributed by atoms with Gasteiger partial charge >= 0.3 is 0 Å². The molecule has 5 heteroatoms. The standard InChI is InChI=1S/C26H42N2O2Si/c1-24(2)20-10-14-26(12-8-7-9-21(26)25(20,3)13-11-22(24)29)23-27-15-16-28(23)19-30-17-18-31(4,5)6/h9,15-16,20H,7-8,10-14,17-19H2,1-6H3/t20?,25-,26?/m0/s1. The van der Waals surface area contributed by atoms with E-state index < -0.39 is 8.07 Å². The summed E-state index contributed by atoms with van der Waals surface area (Å²) in [6, 6.07) is 1.19. The highest BCUT2D eigenvalue weighted by Gasteiger charge is 2.60. The molecule has 0 bridgehead atoms. The Labute approximate surface area is 189 Å². The zero-order valence-corrected chi connectivity index (χ0v) is 21.6. The summed E-state index contributed by atoms with van der Waals surface area (Å²) in [6.07, 6.45) is 14.0. The van der Waals surface area contributed by atoms with Crippen molar-refractivity contribution in [1.82, 2.24) is 9.55 Å². The van der Waals surface area contributed by atoms with Gasteiger partial charge in [0.05, 0.1) is 5.41 Å². The monoisotopic (exact) mass is 442 g/mol. The third-order valence-corrected chi connectivity index (χ3v) is 10.5. The summed E-state index contributed by atoms with van der Waals surface area (Å²) in [4.78, 5) is 17.7. The van der Waals surface area contributed by atoms with Gasteiger partial charge in [0.15, 0.2) is 0 Å². The first-order valence-electron chi connectivity index (χ1n) is 12.3. The molecule has 3 atom stereocenters. The molecule has 0 amide bonds. The molecule has 4 rings (SSSR count). The SMILES string of the molecule is CC1(C)C(=O)CC[C@]2(C)C3=CCCCC3(c3nccn3COCC[Si](C)(C)C)CCC12. The number of nitrogens with zero attached hydrogens (tertiary/aromatic N) is 2. The minimum Gasteiger partial charge on any atom is -0.361 e. The summed E-state index contributed by atoms with van der Waals surface area (Å²) in [7, 11) is -1.09. The Kier molecular flexibility index (Phi) is 5.92. The summed E-state index contributed by atoms with van der Waals surface area (Å²) in [5, 5.41) is 0. The molecule has 0 N–H and O–H groups in total. The van der Waals surface area contributed by atoms with Crippen LogP contribution in [-0.2, 0) is 21.7 Å². The summed E-state index contributed by atoms with van der Waals surface area (Å²) in [5.74, 6) is 2.08. The third-order valence-electron chi connectivity index (χ3n) is 8.75. The smallest absolute Gasteiger partial charge is 0.138 e. The average molecular weight is 443 g/mol. The van der Waals surface area contributed by atoms with E-state index in [-0.39, 0.29) is 16.2 Å². The van der Waals surface area contributed by atoms with Gasteiger partial charge < -0.3 is 9.30 Å². The Bertz CT molecular complexity index is 865. The number of aromatic nitrogens is 2. The second-order valence-corrected chi connectivity index (χ2v) is 17.9. The van der Waals surface area contributed by atoms with Gasteiger partial charge in [-0.25, -0.2) is 4.98 Å². The van der Waals surface area contributed by atoms with E-state index in [0.717, 1.165) is 32.3 Å². The molecule has 1 aromatic rings. The molecule has 1 aromatic heterocycles. The predicted molar refractivity (Wildman–Crippen MR) is 129 cm³/mol. The number of carbonyl (C=O) groups is 1. The van der Waals surface area contributed by atoms with E-state index in [1.54, 1.807) is 5.57 Å². The van der Waals surface area contributed by atoms with Crippen LogP contribution in [0.2, 0.25) is 25.7 Å². The molecule has 0 saturated heterocycles. The van der Waals surface area contributed by atoms with Crippen molar-refractivity contribution in [2.75, 3.05) is 6.61 Å². The lowest BCUT2D eigenvalue weighted by molar-refractivity contribution is -0.140. The minimum atomic E-state index is -1.09. The van der Waals surface area contributed by atoms with Crippen LogP contribution in [0.15, 0.2) is 24.0 Å². The summed E-state index contributed by atoms with van der Waals surface area (Å²) >= 11 is 0. The lowest BCUT2D eigenvalue weighted by Gasteiger charge is -2.60. The first kappa shape index (κ1) is 23.0. The fraction of sp³-hybridized carbons (Fsp3) is 0.769. The molecule has 0 aromatic carbocycles. The molecule has 31 heavy (non-hydrogen) atoms. The fourth-order valence-electron chi connectivity index (χ4n) is 6.99.